The molecular formula is C16H25BrN2O2. The van der Waals surface area contributed by atoms with Gasteiger partial charge in [0.2, 0.25) is 0 Å². The molecule has 1 rings (SSSR count). The Bertz CT molecular complexity index is 475. The minimum Gasteiger partial charge on any atom is -0.484 e. The molecule has 21 heavy (non-hydrogen) atoms. The predicted octanol–water partition coefficient (Wildman–Crippen LogP) is 3.19. The highest BCUT2D eigenvalue weighted by atomic mass is 79.9. The quantitative estimate of drug-likeness (QED) is 0.815. The Morgan fingerprint density at radius 1 is 1.33 bits per heavy atom. The molecule has 0 unspecified atom stereocenters. The van der Waals surface area contributed by atoms with Gasteiger partial charge in [-0.2, -0.15) is 0 Å². The summed E-state index contributed by atoms with van der Waals surface area (Å²) in [6, 6.07) is 6.37. The summed E-state index contributed by atoms with van der Waals surface area (Å²) < 4.78 is 6.64. The van der Waals surface area contributed by atoms with Gasteiger partial charge in [-0.25, -0.2) is 0 Å². The zero-order chi connectivity index (χ0) is 16.0. The van der Waals surface area contributed by atoms with Crippen LogP contribution < -0.4 is 10.1 Å². The lowest BCUT2D eigenvalue weighted by molar-refractivity contribution is -0.133. The van der Waals surface area contributed by atoms with Gasteiger partial charge in [0, 0.05) is 30.1 Å². The number of nitrogens with one attached hydrogen (secondary N) is 1. The molecule has 0 radical (unpaired) electrons. The zero-order valence-electron chi connectivity index (χ0n) is 13.4. The predicted molar refractivity (Wildman–Crippen MR) is 89.5 cm³/mol. The summed E-state index contributed by atoms with van der Waals surface area (Å²) in [5.41, 5.74) is 1.12. The maximum absolute atomic E-state index is 11.9. The van der Waals surface area contributed by atoms with E-state index in [0.717, 1.165) is 16.6 Å². The first-order chi connectivity index (χ1) is 9.81. The number of rotatable bonds is 7. The minimum absolute atomic E-state index is 0.0187. The molecule has 0 heterocycles. The van der Waals surface area contributed by atoms with E-state index >= 15 is 0 Å². The van der Waals surface area contributed by atoms with E-state index in [-0.39, 0.29) is 18.6 Å². The molecule has 1 aromatic rings. The van der Waals surface area contributed by atoms with Crippen molar-refractivity contribution in [3.8, 4) is 5.75 Å². The van der Waals surface area contributed by atoms with E-state index in [0.29, 0.717) is 11.8 Å². The number of carbonyl (C=O) groups excluding carboxylic acids is 1. The van der Waals surface area contributed by atoms with Gasteiger partial charge < -0.3 is 15.0 Å². The average Bonchev–Trinajstić information content (AvgIpc) is 2.43. The van der Waals surface area contributed by atoms with Gasteiger partial charge in [-0.3, -0.25) is 4.79 Å². The van der Waals surface area contributed by atoms with Crippen LogP contribution in [0.15, 0.2) is 22.7 Å². The number of halogens is 1. The topological polar surface area (TPSA) is 41.6 Å². The summed E-state index contributed by atoms with van der Waals surface area (Å²) in [7, 11) is 1.79. The van der Waals surface area contributed by atoms with Crippen LogP contribution in [0.3, 0.4) is 0 Å². The molecule has 1 aromatic carbocycles. The third kappa shape index (κ3) is 6.06. The van der Waals surface area contributed by atoms with Gasteiger partial charge in [0.25, 0.3) is 5.91 Å². The number of hydrogen-bond acceptors (Lipinski definition) is 3. The Hall–Kier alpha value is -1.07. The Kier molecular flexibility index (Phi) is 7.18. The molecule has 4 nitrogen and oxygen atoms in total. The van der Waals surface area contributed by atoms with E-state index in [9.17, 15) is 4.79 Å². The number of nitrogens with zero attached hydrogens (tertiary/aromatic N) is 1. The summed E-state index contributed by atoms with van der Waals surface area (Å²) in [4.78, 5) is 13.6. The molecule has 0 saturated carbocycles. The highest BCUT2D eigenvalue weighted by Gasteiger charge is 2.12. The van der Waals surface area contributed by atoms with Crippen LogP contribution in [0.5, 0.6) is 5.75 Å². The van der Waals surface area contributed by atoms with E-state index in [1.54, 1.807) is 11.9 Å². The standard InChI is InChI=1S/C16H25BrN2O2/c1-11(2)18-9-13-8-14(6-7-15(13)17)21-10-16(20)19(5)12(3)4/h6-8,11-12,18H,9-10H2,1-5H3. The largest absolute Gasteiger partial charge is 0.484 e. The van der Waals surface area contributed by atoms with Crippen LogP contribution in [0.25, 0.3) is 0 Å². The van der Waals surface area contributed by atoms with E-state index in [1.807, 2.05) is 32.0 Å². The maximum Gasteiger partial charge on any atom is 0.260 e. The molecule has 1 amide bonds. The first-order valence-electron chi connectivity index (χ1n) is 7.21. The molecule has 0 atom stereocenters. The number of ether oxygens (including phenoxy) is 1. The fraction of sp³-hybridized carbons (Fsp3) is 0.562. The van der Waals surface area contributed by atoms with Crippen molar-refractivity contribution in [2.24, 2.45) is 0 Å². The zero-order valence-corrected chi connectivity index (χ0v) is 15.0. The van der Waals surface area contributed by atoms with Crippen LogP contribution >= 0.6 is 15.9 Å². The van der Waals surface area contributed by atoms with Crippen molar-refractivity contribution in [2.75, 3.05) is 13.7 Å². The number of carbonyl (C=O) groups is 1. The molecule has 0 fully saturated rings. The lowest BCUT2D eigenvalue weighted by Crippen LogP contribution is -2.36. The molecular weight excluding hydrogens is 332 g/mol. The fourth-order valence-electron chi connectivity index (χ4n) is 1.63. The second-order valence-corrected chi connectivity index (χ2v) is 6.53. The van der Waals surface area contributed by atoms with E-state index in [2.05, 4.69) is 35.1 Å². The number of likely N-dealkylation sites (N-methyl/N-ethyl adjacent to an activating group) is 1. The van der Waals surface area contributed by atoms with Crippen LogP contribution in [0, 0.1) is 0 Å². The van der Waals surface area contributed by atoms with Gasteiger partial charge in [-0.05, 0) is 37.6 Å². The van der Waals surface area contributed by atoms with Crippen LogP contribution in [-0.2, 0) is 11.3 Å². The molecule has 0 saturated heterocycles. The molecule has 1 N–H and O–H groups in total. The van der Waals surface area contributed by atoms with Crippen molar-refractivity contribution in [1.82, 2.24) is 10.2 Å². The molecule has 5 heteroatoms. The Morgan fingerprint density at radius 3 is 2.57 bits per heavy atom. The van der Waals surface area contributed by atoms with Gasteiger partial charge in [0.15, 0.2) is 6.61 Å². The smallest absolute Gasteiger partial charge is 0.260 e. The van der Waals surface area contributed by atoms with Crippen LogP contribution in [0.4, 0.5) is 0 Å². The molecule has 0 bridgehead atoms. The molecule has 118 valence electrons. The van der Waals surface area contributed by atoms with Crippen molar-refractivity contribution >= 4 is 21.8 Å². The lowest BCUT2D eigenvalue weighted by Gasteiger charge is -2.21. The molecule has 0 aliphatic carbocycles. The maximum atomic E-state index is 11.9. The summed E-state index contributed by atoms with van der Waals surface area (Å²) >= 11 is 3.53. The molecule has 0 aliphatic rings. The first-order valence-corrected chi connectivity index (χ1v) is 8.00. The van der Waals surface area contributed by atoms with E-state index in [4.69, 9.17) is 4.74 Å². The second kappa shape index (κ2) is 8.39. The first kappa shape index (κ1) is 18.0. The van der Waals surface area contributed by atoms with Crippen LogP contribution in [0.2, 0.25) is 0 Å². The van der Waals surface area contributed by atoms with Gasteiger partial charge >= 0.3 is 0 Å². The van der Waals surface area contributed by atoms with Crippen LogP contribution in [-0.4, -0.2) is 36.5 Å². The highest BCUT2D eigenvalue weighted by molar-refractivity contribution is 9.10. The van der Waals surface area contributed by atoms with Gasteiger partial charge in [-0.15, -0.1) is 0 Å². The van der Waals surface area contributed by atoms with Gasteiger partial charge in [0.05, 0.1) is 0 Å². The molecule has 0 aliphatic heterocycles. The monoisotopic (exact) mass is 356 g/mol. The SMILES string of the molecule is CC(C)NCc1cc(OCC(=O)N(C)C(C)C)ccc1Br. The van der Waals surface area contributed by atoms with Gasteiger partial charge in [0.1, 0.15) is 5.75 Å². The number of benzene rings is 1. The summed E-state index contributed by atoms with van der Waals surface area (Å²) in [6.07, 6.45) is 0. The summed E-state index contributed by atoms with van der Waals surface area (Å²) in [6.45, 7) is 8.99. The van der Waals surface area contributed by atoms with Crippen molar-refractivity contribution in [3.05, 3.63) is 28.2 Å². The third-order valence-electron chi connectivity index (χ3n) is 3.25. The number of hydrogen-bond donors (Lipinski definition) is 1. The van der Waals surface area contributed by atoms with Crippen molar-refractivity contribution < 1.29 is 9.53 Å². The Labute approximate surface area is 136 Å². The van der Waals surface area contributed by atoms with Crippen molar-refractivity contribution in [3.63, 3.8) is 0 Å². The lowest BCUT2D eigenvalue weighted by atomic mass is 10.2. The minimum atomic E-state index is -0.0187. The van der Waals surface area contributed by atoms with Crippen molar-refractivity contribution in [2.45, 2.75) is 46.3 Å². The van der Waals surface area contributed by atoms with Crippen LogP contribution in [0.1, 0.15) is 33.3 Å². The average molecular weight is 357 g/mol. The normalized spacial score (nSPS) is 11.0. The second-order valence-electron chi connectivity index (χ2n) is 5.68. The number of amides is 1. The van der Waals surface area contributed by atoms with E-state index in [1.165, 1.54) is 0 Å². The Balaban J connectivity index is 2.63. The van der Waals surface area contributed by atoms with Crippen molar-refractivity contribution in [1.29, 1.82) is 0 Å². The van der Waals surface area contributed by atoms with E-state index < -0.39 is 0 Å². The highest BCUT2D eigenvalue weighted by Crippen LogP contribution is 2.22. The van der Waals surface area contributed by atoms with Gasteiger partial charge in [-0.1, -0.05) is 29.8 Å². The fourth-order valence-corrected chi connectivity index (χ4v) is 2.01. The summed E-state index contributed by atoms with van der Waals surface area (Å²) in [5.74, 6) is 0.694. The third-order valence-corrected chi connectivity index (χ3v) is 4.02. The Morgan fingerprint density at radius 2 is 2.00 bits per heavy atom. The summed E-state index contributed by atoms with van der Waals surface area (Å²) in [5, 5.41) is 3.37. The molecule has 0 aromatic heterocycles. The molecule has 0 spiro atoms.